The van der Waals surface area contributed by atoms with Crippen molar-refractivity contribution in [3.8, 4) is 0 Å². The first-order valence-electron chi connectivity index (χ1n) is 5.36. The maximum absolute atomic E-state index is 13.1. The molecule has 0 unspecified atom stereocenters. The summed E-state index contributed by atoms with van der Waals surface area (Å²) in [5.41, 5.74) is 0.197. The number of ketones is 1. The van der Waals surface area contributed by atoms with Gasteiger partial charge in [-0.15, -0.1) is 0 Å². The van der Waals surface area contributed by atoms with Gasteiger partial charge in [0.1, 0.15) is 11.6 Å². The fraction of sp³-hybridized carbons (Fsp3) is 0.417. The lowest BCUT2D eigenvalue weighted by molar-refractivity contribution is -0.385. The highest BCUT2D eigenvalue weighted by molar-refractivity contribution is 5.80. The second-order valence-corrected chi connectivity index (χ2v) is 4.20. The molecule has 0 N–H and O–H groups in total. The number of rotatable bonds is 5. The monoisotopic (exact) mass is 239 g/mol. The molecule has 0 aromatic heterocycles. The van der Waals surface area contributed by atoms with E-state index in [4.69, 9.17) is 0 Å². The smallest absolute Gasteiger partial charge is 0.272 e. The molecule has 0 fully saturated rings. The molecule has 1 rings (SSSR count). The van der Waals surface area contributed by atoms with Gasteiger partial charge in [-0.2, -0.15) is 0 Å². The Kier molecular flexibility index (Phi) is 4.31. The van der Waals surface area contributed by atoms with Gasteiger partial charge in [-0.1, -0.05) is 13.8 Å². The van der Waals surface area contributed by atoms with Crippen LogP contribution in [0, 0.1) is 21.8 Å². The summed E-state index contributed by atoms with van der Waals surface area (Å²) < 4.78 is 13.1. The highest BCUT2D eigenvalue weighted by Gasteiger charge is 2.12. The van der Waals surface area contributed by atoms with Crippen molar-refractivity contribution in [1.29, 1.82) is 0 Å². The Hall–Kier alpha value is -1.78. The van der Waals surface area contributed by atoms with E-state index >= 15 is 0 Å². The Morgan fingerprint density at radius 3 is 2.59 bits per heavy atom. The number of carbonyl (C=O) groups is 1. The number of Topliss-reactive ketones (excluding diaryl/α,β-unsaturated/α-hetero) is 1. The lowest BCUT2D eigenvalue weighted by Crippen LogP contribution is -2.08. The molecule has 0 heterocycles. The number of benzene rings is 1. The van der Waals surface area contributed by atoms with Crippen LogP contribution in [0.4, 0.5) is 10.1 Å². The van der Waals surface area contributed by atoms with Crippen molar-refractivity contribution >= 4 is 11.5 Å². The molecule has 1 aromatic rings. The Morgan fingerprint density at radius 1 is 1.41 bits per heavy atom. The maximum Gasteiger partial charge on any atom is 0.272 e. The third-order valence-electron chi connectivity index (χ3n) is 2.46. The molecule has 0 amide bonds. The van der Waals surface area contributed by atoms with Crippen molar-refractivity contribution in [1.82, 2.24) is 0 Å². The van der Waals surface area contributed by atoms with Crippen molar-refractivity contribution in [2.24, 2.45) is 5.92 Å². The normalized spacial score (nSPS) is 10.6. The largest absolute Gasteiger partial charge is 0.299 e. The predicted octanol–water partition coefficient (Wildman–Crippen LogP) is 2.89. The molecular formula is C12H14FNO3. The second kappa shape index (κ2) is 5.52. The van der Waals surface area contributed by atoms with Crippen molar-refractivity contribution in [3.05, 3.63) is 39.7 Å². The van der Waals surface area contributed by atoms with Crippen LogP contribution in [0.5, 0.6) is 0 Å². The van der Waals surface area contributed by atoms with Crippen LogP contribution in [0.1, 0.15) is 25.8 Å². The highest BCUT2D eigenvalue weighted by atomic mass is 19.1. The van der Waals surface area contributed by atoms with Crippen molar-refractivity contribution in [2.45, 2.75) is 26.7 Å². The van der Waals surface area contributed by atoms with Crippen LogP contribution in [-0.4, -0.2) is 10.7 Å². The zero-order chi connectivity index (χ0) is 13.0. The summed E-state index contributed by atoms with van der Waals surface area (Å²) in [5.74, 6) is -0.651. The van der Waals surface area contributed by atoms with Crippen molar-refractivity contribution < 1.29 is 14.1 Å². The molecule has 0 saturated heterocycles. The summed E-state index contributed by atoms with van der Waals surface area (Å²) in [6.45, 7) is 3.58. The average Bonchev–Trinajstić information content (AvgIpc) is 2.24. The van der Waals surface area contributed by atoms with Gasteiger partial charge in [-0.05, 0) is 18.1 Å². The van der Waals surface area contributed by atoms with Gasteiger partial charge in [0.15, 0.2) is 0 Å². The first-order valence-corrected chi connectivity index (χ1v) is 5.36. The van der Waals surface area contributed by atoms with Crippen LogP contribution in [0.15, 0.2) is 18.2 Å². The number of hydrogen-bond acceptors (Lipinski definition) is 3. The molecule has 0 aliphatic rings. The summed E-state index contributed by atoms with van der Waals surface area (Å²) in [6, 6.07) is 3.39. The van der Waals surface area contributed by atoms with Gasteiger partial charge in [-0.3, -0.25) is 14.9 Å². The molecule has 0 aliphatic heterocycles. The van der Waals surface area contributed by atoms with E-state index in [9.17, 15) is 19.3 Å². The summed E-state index contributed by atoms with van der Waals surface area (Å²) in [6.07, 6.45) is 0.605. The zero-order valence-corrected chi connectivity index (χ0v) is 9.77. The molecule has 0 spiro atoms. The van der Waals surface area contributed by atoms with E-state index in [-0.39, 0.29) is 23.8 Å². The van der Waals surface area contributed by atoms with E-state index in [1.165, 1.54) is 12.1 Å². The Labute approximate surface area is 98.6 Å². The molecular weight excluding hydrogens is 225 g/mol. The van der Waals surface area contributed by atoms with E-state index in [0.717, 1.165) is 6.07 Å². The van der Waals surface area contributed by atoms with Gasteiger partial charge in [-0.25, -0.2) is 4.39 Å². The third-order valence-corrected chi connectivity index (χ3v) is 2.46. The highest BCUT2D eigenvalue weighted by Crippen LogP contribution is 2.18. The molecule has 0 bridgehead atoms. The minimum atomic E-state index is -0.647. The van der Waals surface area contributed by atoms with E-state index in [1.807, 2.05) is 0 Å². The van der Waals surface area contributed by atoms with Crippen LogP contribution in [-0.2, 0) is 11.2 Å². The lowest BCUT2D eigenvalue weighted by Gasteiger charge is -2.04. The van der Waals surface area contributed by atoms with Crippen LogP contribution in [0.25, 0.3) is 0 Å². The number of aryl methyl sites for hydroxylation is 1. The molecule has 0 saturated carbocycles. The van der Waals surface area contributed by atoms with E-state index in [0.29, 0.717) is 12.0 Å². The van der Waals surface area contributed by atoms with Gasteiger partial charge in [0, 0.05) is 18.4 Å². The van der Waals surface area contributed by atoms with Gasteiger partial charge in [0.05, 0.1) is 11.0 Å². The molecule has 0 radical (unpaired) electrons. The molecule has 5 heteroatoms. The minimum absolute atomic E-state index is 0.0666. The standard InChI is InChI=1S/C12H14FNO3/c1-8(2)12(15)4-3-9-5-10(13)7-11(6-9)14(16)17/h5-8H,3-4H2,1-2H3. The van der Waals surface area contributed by atoms with Gasteiger partial charge >= 0.3 is 0 Å². The van der Waals surface area contributed by atoms with Crippen molar-refractivity contribution in [3.63, 3.8) is 0 Å². The van der Waals surface area contributed by atoms with E-state index < -0.39 is 10.7 Å². The van der Waals surface area contributed by atoms with Gasteiger partial charge < -0.3 is 0 Å². The summed E-state index contributed by atoms with van der Waals surface area (Å²) in [4.78, 5) is 21.3. The number of nitro benzene ring substituents is 1. The SMILES string of the molecule is CC(C)C(=O)CCc1cc(F)cc([N+](=O)[O-])c1. The molecule has 92 valence electrons. The van der Waals surface area contributed by atoms with Crippen LogP contribution in [0.3, 0.4) is 0 Å². The Balaban J connectivity index is 2.78. The van der Waals surface area contributed by atoms with Crippen LogP contribution in [0.2, 0.25) is 0 Å². The van der Waals surface area contributed by atoms with Gasteiger partial charge in [0.25, 0.3) is 5.69 Å². The topological polar surface area (TPSA) is 60.2 Å². The third kappa shape index (κ3) is 3.94. The predicted molar refractivity (Wildman–Crippen MR) is 61.2 cm³/mol. The number of nitro groups is 1. The lowest BCUT2D eigenvalue weighted by atomic mass is 10.0. The summed E-state index contributed by atoms with van der Waals surface area (Å²) in [7, 11) is 0. The number of carbonyl (C=O) groups excluding carboxylic acids is 1. The average molecular weight is 239 g/mol. The van der Waals surface area contributed by atoms with Gasteiger partial charge in [0.2, 0.25) is 0 Å². The molecule has 4 nitrogen and oxygen atoms in total. The number of non-ortho nitro benzene ring substituents is 1. The fourth-order valence-corrected chi connectivity index (χ4v) is 1.44. The van der Waals surface area contributed by atoms with Crippen molar-refractivity contribution in [2.75, 3.05) is 0 Å². The first kappa shape index (κ1) is 13.3. The number of hydrogen-bond donors (Lipinski definition) is 0. The van der Waals surface area contributed by atoms with Crippen LogP contribution < -0.4 is 0 Å². The molecule has 0 aliphatic carbocycles. The second-order valence-electron chi connectivity index (χ2n) is 4.20. The van der Waals surface area contributed by atoms with E-state index in [2.05, 4.69) is 0 Å². The number of halogens is 1. The Morgan fingerprint density at radius 2 is 2.06 bits per heavy atom. The Bertz CT molecular complexity index is 443. The first-order chi connectivity index (χ1) is 7.90. The zero-order valence-electron chi connectivity index (χ0n) is 9.77. The molecule has 0 atom stereocenters. The summed E-state index contributed by atoms with van der Waals surface area (Å²) >= 11 is 0. The minimum Gasteiger partial charge on any atom is -0.299 e. The maximum atomic E-state index is 13.1. The fourth-order valence-electron chi connectivity index (χ4n) is 1.44. The number of nitrogens with zero attached hydrogens (tertiary/aromatic N) is 1. The van der Waals surface area contributed by atoms with E-state index in [1.54, 1.807) is 13.8 Å². The molecule has 17 heavy (non-hydrogen) atoms. The molecule has 1 aromatic carbocycles. The quantitative estimate of drug-likeness (QED) is 0.586. The van der Waals surface area contributed by atoms with Crippen LogP contribution >= 0.6 is 0 Å². The summed E-state index contributed by atoms with van der Waals surface area (Å²) in [5, 5.41) is 10.5.